The molecule has 0 radical (unpaired) electrons. The lowest BCUT2D eigenvalue weighted by atomic mass is 9.85. The standard InChI is InChI=1S/C24H26ClNO3/c1-24(2,23(27)28)15-26-11-9-16(10-12-26)22-19-8-7-18(25)13-17(19)14-29-21-6-4-3-5-20(21)22/h3-8,13H,9-12,14-15H2,1-2H3,(H,27,28). The molecule has 29 heavy (non-hydrogen) atoms. The van der Waals surface area contributed by atoms with Gasteiger partial charge in [0.25, 0.3) is 0 Å². The van der Waals surface area contributed by atoms with Crippen LogP contribution in [0, 0.1) is 5.41 Å². The van der Waals surface area contributed by atoms with Gasteiger partial charge in [-0.05, 0) is 61.6 Å². The smallest absolute Gasteiger partial charge is 0.310 e. The minimum absolute atomic E-state index is 0.503. The topological polar surface area (TPSA) is 49.8 Å². The van der Waals surface area contributed by atoms with E-state index in [2.05, 4.69) is 17.0 Å². The molecule has 0 aromatic heterocycles. The Morgan fingerprint density at radius 2 is 1.86 bits per heavy atom. The average Bonchev–Trinajstić information content (AvgIpc) is 2.85. The highest BCUT2D eigenvalue weighted by Crippen LogP contribution is 2.41. The number of ether oxygens (including phenoxy) is 1. The fourth-order valence-corrected chi connectivity index (χ4v) is 4.46. The molecule has 1 N–H and O–H groups in total. The lowest BCUT2D eigenvalue weighted by Gasteiger charge is -2.34. The maximum Gasteiger partial charge on any atom is 0.310 e. The first-order valence-corrected chi connectivity index (χ1v) is 10.4. The summed E-state index contributed by atoms with van der Waals surface area (Å²) >= 11 is 6.25. The second-order valence-electron chi connectivity index (χ2n) is 8.53. The number of piperidine rings is 1. The summed E-state index contributed by atoms with van der Waals surface area (Å²) in [6.07, 6.45) is 1.84. The van der Waals surface area contributed by atoms with Gasteiger partial charge in [0, 0.05) is 30.2 Å². The number of rotatable bonds is 3. The predicted octanol–water partition coefficient (Wildman–Crippen LogP) is 5.24. The van der Waals surface area contributed by atoms with Gasteiger partial charge in [-0.25, -0.2) is 0 Å². The van der Waals surface area contributed by atoms with E-state index in [-0.39, 0.29) is 0 Å². The number of para-hydroxylation sites is 1. The Morgan fingerprint density at radius 3 is 2.59 bits per heavy atom. The minimum Gasteiger partial charge on any atom is -0.488 e. The van der Waals surface area contributed by atoms with Crippen LogP contribution in [0.3, 0.4) is 0 Å². The molecule has 1 saturated heterocycles. The average molecular weight is 412 g/mol. The van der Waals surface area contributed by atoms with Crippen LogP contribution in [0.15, 0.2) is 48.0 Å². The van der Waals surface area contributed by atoms with E-state index in [4.69, 9.17) is 16.3 Å². The van der Waals surface area contributed by atoms with Crippen molar-refractivity contribution in [2.45, 2.75) is 33.3 Å². The van der Waals surface area contributed by atoms with Crippen LogP contribution in [0.2, 0.25) is 5.02 Å². The number of carboxylic acid groups (broad SMARTS) is 1. The molecule has 4 nitrogen and oxygen atoms in total. The van der Waals surface area contributed by atoms with Crippen molar-refractivity contribution < 1.29 is 14.6 Å². The molecule has 0 unspecified atom stereocenters. The van der Waals surface area contributed by atoms with Crippen molar-refractivity contribution in [2.24, 2.45) is 5.41 Å². The molecule has 0 atom stereocenters. The maximum atomic E-state index is 11.5. The van der Waals surface area contributed by atoms with Crippen molar-refractivity contribution in [1.29, 1.82) is 0 Å². The van der Waals surface area contributed by atoms with E-state index in [0.29, 0.717) is 18.2 Å². The number of hydrogen-bond donors (Lipinski definition) is 1. The summed E-state index contributed by atoms with van der Waals surface area (Å²) in [6, 6.07) is 14.2. The van der Waals surface area contributed by atoms with Gasteiger partial charge in [0.15, 0.2) is 0 Å². The Morgan fingerprint density at radius 1 is 1.14 bits per heavy atom. The molecule has 1 fully saturated rings. The first-order valence-electron chi connectivity index (χ1n) is 10.0. The quantitative estimate of drug-likeness (QED) is 0.750. The van der Waals surface area contributed by atoms with Crippen molar-refractivity contribution in [3.63, 3.8) is 0 Å². The maximum absolute atomic E-state index is 11.5. The number of carbonyl (C=O) groups is 1. The van der Waals surface area contributed by atoms with Gasteiger partial charge < -0.3 is 14.7 Å². The van der Waals surface area contributed by atoms with Gasteiger partial charge in [-0.3, -0.25) is 4.79 Å². The Labute approximate surface area is 176 Å². The predicted molar refractivity (Wildman–Crippen MR) is 115 cm³/mol. The molecule has 4 rings (SSSR count). The van der Waals surface area contributed by atoms with Crippen LogP contribution < -0.4 is 4.74 Å². The Kier molecular flexibility index (Phi) is 5.41. The van der Waals surface area contributed by atoms with E-state index >= 15 is 0 Å². The molecule has 152 valence electrons. The summed E-state index contributed by atoms with van der Waals surface area (Å²) in [6.45, 7) is 6.38. The fraction of sp³-hybridized carbons (Fsp3) is 0.375. The zero-order valence-electron chi connectivity index (χ0n) is 16.9. The molecule has 2 heterocycles. The van der Waals surface area contributed by atoms with Gasteiger partial charge in [-0.2, -0.15) is 0 Å². The van der Waals surface area contributed by atoms with Crippen LogP contribution in [0.4, 0.5) is 0 Å². The monoisotopic (exact) mass is 411 g/mol. The van der Waals surface area contributed by atoms with E-state index in [9.17, 15) is 9.90 Å². The molecule has 0 spiro atoms. The lowest BCUT2D eigenvalue weighted by molar-refractivity contribution is -0.148. The van der Waals surface area contributed by atoms with Crippen molar-refractivity contribution in [2.75, 3.05) is 19.6 Å². The number of carboxylic acids is 1. The van der Waals surface area contributed by atoms with Gasteiger partial charge >= 0.3 is 5.97 Å². The second kappa shape index (κ2) is 7.85. The van der Waals surface area contributed by atoms with E-state index in [1.165, 1.54) is 16.7 Å². The molecule has 5 heteroatoms. The highest BCUT2D eigenvalue weighted by Gasteiger charge is 2.31. The zero-order valence-corrected chi connectivity index (χ0v) is 17.6. The van der Waals surface area contributed by atoms with E-state index in [1.807, 2.05) is 30.3 Å². The second-order valence-corrected chi connectivity index (χ2v) is 8.97. The van der Waals surface area contributed by atoms with E-state index in [1.54, 1.807) is 13.8 Å². The highest BCUT2D eigenvalue weighted by atomic mass is 35.5. The van der Waals surface area contributed by atoms with Crippen LogP contribution in [0.5, 0.6) is 5.75 Å². The molecule has 2 aromatic carbocycles. The molecule has 2 aliphatic rings. The van der Waals surface area contributed by atoms with Gasteiger partial charge in [0.05, 0.1) is 5.41 Å². The van der Waals surface area contributed by atoms with E-state index < -0.39 is 11.4 Å². The summed E-state index contributed by atoms with van der Waals surface area (Å²) < 4.78 is 6.10. The first-order chi connectivity index (χ1) is 13.8. The zero-order chi connectivity index (χ0) is 20.6. The Hall–Kier alpha value is -2.30. The van der Waals surface area contributed by atoms with Crippen LogP contribution >= 0.6 is 11.6 Å². The Balaban J connectivity index is 1.69. The van der Waals surface area contributed by atoms with Crippen LogP contribution in [0.25, 0.3) is 5.57 Å². The number of hydrogen-bond acceptors (Lipinski definition) is 3. The SMILES string of the molecule is CC(C)(CN1CCC(=C2c3ccc(Cl)cc3COc3ccccc32)CC1)C(=O)O. The van der Waals surface area contributed by atoms with Crippen LogP contribution in [-0.2, 0) is 11.4 Å². The molecule has 0 saturated carbocycles. The lowest BCUT2D eigenvalue weighted by Crippen LogP contribution is -2.42. The Bertz CT molecular complexity index is 970. The van der Waals surface area contributed by atoms with Crippen molar-refractivity contribution in [1.82, 2.24) is 4.90 Å². The third kappa shape index (κ3) is 4.05. The molecule has 2 aliphatic heterocycles. The molecule has 0 aliphatic carbocycles. The van der Waals surface area contributed by atoms with Gasteiger partial charge in [0.2, 0.25) is 0 Å². The summed E-state index contributed by atoms with van der Waals surface area (Å²) in [5, 5.41) is 10.2. The summed E-state index contributed by atoms with van der Waals surface area (Å²) in [4.78, 5) is 13.7. The number of nitrogens with zero attached hydrogens (tertiary/aromatic N) is 1. The number of fused-ring (bicyclic) bond motifs is 2. The van der Waals surface area contributed by atoms with Crippen LogP contribution in [0.1, 0.15) is 43.4 Å². The minimum atomic E-state index is -0.748. The molecule has 0 bridgehead atoms. The largest absolute Gasteiger partial charge is 0.488 e. The van der Waals surface area contributed by atoms with Crippen molar-refractivity contribution in [3.05, 3.63) is 69.8 Å². The fourth-order valence-electron chi connectivity index (χ4n) is 4.26. The normalized spacial score (nSPS) is 17.2. The third-order valence-electron chi connectivity index (χ3n) is 5.89. The third-order valence-corrected chi connectivity index (χ3v) is 6.12. The first kappa shape index (κ1) is 20.0. The molecular formula is C24H26ClNO3. The molecule has 2 aromatic rings. The van der Waals surface area contributed by atoms with Crippen LogP contribution in [-0.4, -0.2) is 35.6 Å². The molecular weight excluding hydrogens is 386 g/mol. The number of benzene rings is 2. The number of halogens is 1. The molecule has 0 amide bonds. The van der Waals surface area contributed by atoms with Gasteiger partial charge in [-0.15, -0.1) is 0 Å². The van der Waals surface area contributed by atoms with Gasteiger partial charge in [0.1, 0.15) is 12.4 Å². The highest BCUT2D eigenvalue weighted by molar-refractivity contribution is 6.30. The number of aliphatic carboxylic acids is 1. The number of likely N-dealkylation sites (tertiary alicyclic amines) is 1. The summed E-state index contributed by atoms with van der Waals surface area (Å²) in [7, 11) is 0. The summed E-state index contributed by atoms with van der Waals surface area (Å²) in [5.41, 5.74) is 5.33. The van der Waals surface area contributed by atoms with Gasteiger partial charge in [-0.1, -0.05) is 41.4 Å². The van der Waals surface area contributed by atoms with Crippen molar-refractivity contribution in [3.8, 4) is 5.75 Å². The van der Waals surface area contributed by atoms with Crippen molar-refractivity contribution >= 4 is 23.1 Å². The summed E-state index contributed by atoms with van der Waals surface area (Å²) in [5.74, 6) is 0.152. The van der Waals surface area contributed by atoms with E-state index in [0.717, 1.165) is 42.8 Å².